The summed E-state index contributed by atoms with van der Waals surface area (Å²) in [6, 6.07) is 10.0. The average molecular weight is 283 g/mol. The maximum absolute atomic E-state index is 11.8. The minimum atomic E-state index is 0.0454. The Kier molecular flexibility index (Phi) is 5.32. The summed E-state index contributed by atoms with van der Waals surface area (Å²) in [5.41, 5.74) is 4.59. The van der Waals surface area contributed by atoms with Crippen LogP contribution >= 0.6 is 0 Å². The van der Waals surface area contributed by atoms with Crippen LogP contribution in [0.1, 0.15) is 23.1 Å². The van der Waals surface area contributed by atoms with Gasteiger partial charge in [-0.15, -0.1) is 0 Å². The van der Waals surface area contributed by atoms with E-state index in [1.807, 2.05) is 12.1 Å². The first-order chi connectivity index (χ1) is 10.1. The highest BCUT2D eigenvalue weighted by molar-refractivity contribution is 5.76. The lowest BCUT2D eigenvalue weighted by Gasteiger charge is -2.10. The zero-order chi connectivity index (χ0) is 15.1. The molecular weight excluding hydrogens is 262 g/mol. The van der Waals surface area contributed by atoms with E-state index < -0.39 is 0 Å². The Bertz CT molecular complexity index is 596. The molecule has 1 aromatic heterocycles. The Labute approximate surface area is 125 Å². The molecule has 0 bridgehead atoms. The van der Waals surface area contributed by atoms with Gasteiger partial charge in [0.05, 0.1) is 0 Å². The van der Waals surface area contributed by atoms with E-state index in [1.54, 1.807) is 12.4 Å². The highest BCUT2D eigenvalue weighted by Crippen LogP contribution is 2.15. The maximum atomic E-state index is 11.8. The van der Waals surface area contributed by atoms with Gasteiger partial charge in [-0.3, -0.25) is 9.78 Å². The normalized spacial score (nSPS) is 10.2. The van der Waals surface area contributed by atoms with E-state index >= 15 is 0 Å². The molecule has 0 aliphatic heterocycles. The van der Waals surface area contributed by atoms with Crippen LogP contribution < -0.4 is 10.6 Å². The van der Waals surface area contributed by atoms with Crippen LogP contribution in [0, 0.1) is 13.8 Å². The van der Waals surface area contributed by atoms with E-state index in [-0.39, 0.29) is 5.91 Å². The maximum Gasteiger partial charge on any atom is 0.222 e. The number of hydrogen-bond donors (Lipinski definition) is 2. The number of anilines is 1. The summed E-state index contributed by atoms with van der Waals surface area (Å²) in [5, 5.41) is 6.20. The van der Waals surface area contributed by atoms with Crippen LogP contribution in [0.25, 0.3) is 0 Å². The standard InChI is InChI=1S/C17H21N3O/c1-13-3-4-16(14(2)11-13)19-10-7-17(21)20-12-15-5-8-18-9-6-15/h3-6,8-9,11,19H,7,10,12H2,1-2H3,(H,20,21). The number of nitrogens with zero attached hydrogens (tertiary/aromatic N) is 1. The zero-order valence-corrected chi connectivity index (χ0v) is 12.5. The van der Waals surface area contributed by atoms with Gasteiger partial charge in [-0.05, 0) is 43.2 Å². The lowest BCUT2D eigenvalue weighted by molar-refractivity contribution is -0.121. The number of carbonyl (C=O) groups is 1. The Morgan fingerprint density at radius 2 is 1.90 bits per heavy atom. The first-order valence-electron chi connectivity index (χ1n) is 7.12. The van der Waals surface area contributed by atoms with Crippen LogP contribution in [-0.4, -0.2) is 17.4 Å². The third kappa shape index (κ3) is 4.91. The van der Waals surface area contributed by atoms with Gasteiger partial charge in [0.2, 0.25) is 5.91 Å². The molecule has 1 heterocycles. The van der Waals surface area contributed by atoms with Gasteiger partial charge in [0, 0.05) is 37.6 Å². The molecule has 0 saturated carbocycles. The average Bonchev–Trinajstić information content (AvgIpc) is 2.48. The monoisotopic (exact) mass is 283 g/mol. The topological polar surface area (TPSA) is 54.0 Å². The molecule has 2 N–H and O–H groups in total. The first-order valence-corrected chi connectivity index (χ1v) is 7.12. The van der Waals surface area contributed by atoms with Gasteiger partial charge in [-0.2, -0.15) is 0 Å². The third-order valence-corrected chi connectivity index (χ3v) is 3.29. The van der Waals surface area contributed by atoms with Crippen molar-refractivity contribution in [2.75, 3.05) is 11.9 Å². The molecule has 0 fully saturated rings. The second kappa shape index (κ2) is 7.43. The third-order valence-electron chi connectivity index (χ3n) is 3.29. The van der Waals surface area contributed by atoms with Crippen molar-refractivity contribution in [3.63, 3.8) is 0 Å². The van der Waals surface area contributed by atoms with Crippen LogP contribution in [0.5, 0.6) is 0 Å². The summed E-state index contributed by atoms with van der Waals surface area (Å²) >= 11 is 0. The molecule has 1 amide bonds. The molecule has 0 unspecified atom stereocenters. The second-order valence-corrected chi connectivity index (χ2v) is 5.13. The minimum absolute atomic E-state index is 0.0454. The molecule has 4 nitrogen and oxygen atoms in total. The van der Waals surface area contributed by atoms with Crippen LogP contribution in [0.15, 0.2) is 42.7 Å². The summed E-state index contributed by atoms with van der Waals surface area (Å²) in [7, 11) is 0. The van der Waals surface area contributed by atoms with Crippen molar-refractivity contribution in [3.05, 3.63) is 59.4 Å². The number of nitrogens with one attached hydrogen (secondary N) is 2. The Morgan fingerprint density at radius 1 is 1.14 bits per heavy atom. The highest BCUT2D eigenvalue weighted by Gasteiger charge is 2.02. The van der Waals surface area contributed by atoms with E-state index in [4.69, 9.17) is 0 Å². The van der Waals surface area contributed by atoms with Gasteiger partial charge < -0.3 is 10.6 Å². The lowest BCUT2D eigenvalue weighted by Crippen LogP contribution is -2.24. The number of hydrogen-bond acceptors (Lipinski definition) is 3. The number of carbonyl (C=O) groups excluding carboxylic acids is 1. The number of benzene rings is 1. The molecule has 2 rings (SSSR count). The van der Waals surface area contributed by atoms with Crippen molar-refractivity contribution in [2.24, 2.45) is 0 Å². The molecule has 0 saturated heterocycles. The van der Waals surface area contributed by atoms with Crippen molar-refractivity contribution in [1.82, 2.24) is 10.3 Å². The van der Waals surface area contributed by atoms with Gasteiger partial charge in [-0.25, -0.2) is 0 Å². The molecule has 4 heteroatoms. The summed E-state index contributed by atoms with van der Waals surface area (Å²) in [6.07, 6.45) is 3.91. The summed E-state index contributed by atoms with van der Waals surface area (Å²) in [4.78, 5) is 15.7. The van der Waals surface area contributed by atoms with E-state index in [1.165, 1.54) is 11.1 Å². The van der Waals surface area contributed by atoms with Gasteiger partial charge in [0.15, 0.2) is 0 Å². The van der Waals surface area contributed by atoms with Crippen LogP contribution in [0.4, 0.5) is 5.69 Å². The number of amides is 1. The Hall–Kier alpha value is -2.36. The van der Waals surface area contributed by atoms with E-state index in [0.29, 0.717) is 19.5 Å². The molecule has 0 spiro atoms. The minimum Gasteiger partial charge on any atom is -0.384 e. The van der Waals surface area contributed by atoms with Gasteiger partial charge in [0.1, 0.15) is 0 Å². The van der Waals surface area contributed by atoms with Crippen molar-refractivity contribution in [3.8, 4) is 0 Å². The van der Waals surface area contributed by atoms with Crippen LogP contribution in [0.3, 0.4) is 0 Å². The first kappa shape index (κ1) is 15.0. The number of rotatable bonds is 6. The number of aryl methyl sites for hydroxylation is 2. The van der Waals surface area contributed by atoms with E-state index in [2.05, 4.69) is 47.7 Å². The molecular formula is C17H21N3O. The van der Waals surface area contributed by atoms with Crippen molar-refractivity contribution >= 4 is 11.6 Å². The van der Waals surface area contributed by atoms with Gasteiger partial charge >= 0.3 is 0 Å². The van der Waals surface area contributed by atoms with Crippen LogP contribution in [-0.2, 0) is 11.3 Å². The van der Waals surface area contributed by atoms with E-state index in [0.717, 1.165) is 11.3 Å². The predicted molar refractivity (Wildman–Crippen MR) is 85.1 cm³/mol. The fraction of sp³-hybridized carbons (Fsp3) is 0.294. The fourth-order valence-corrected chi connectivity index (χ4v) is 2.11. The summed E-state index contributed by atoms with van der Waals surface area (Å²) < 4.78 is 0. The molecule has 2 aromatic rings. The predicted octanol–water partition coefficient (Wildman–Crippen LogP) is 2.82. The Balaban J connectivity index is 1.72. The molecule has 0 radical (unpaired) electrons. The number of pyridine rings is 1. The summed E-state index contributed by atoms with van der Waals surface area (Å²) in [5.74, 6) is 0.0454. The zero-order valence-electron chi connectivity index (χ0n) is 12.5. The fourth-order valence-electron chi connectivity index (χ4n) is 2.11. The quantitative estimate of drug-likeness (QED) is 0.857. The lowest BCUT2D eigenvalue weighted by atomic mass is 10.1. The SMILES string of the molecule is Cc1ccc(NCCC(=O)NCc2ccncc2)c(C)c1. The molecule has 0 atom stereocenters. The van der Waals surface area contributed by atoms with Gasteiger partial charge in [0.25, 0.3) is 0 Å². The smallest absolute Gasteiger partial charge is 0.222 e. The van der Waals surface area contributed by atoms with Crippen molar-refractivity contribution < 1.29 is 4.79 Å². The molecule has 21 heavy (non-hydrogen) atoms. The number of aromatic nitrogens is 1. The highest BCUT2D eigenvalue weighted by atomic mass is 16.1. The molecule has 0 aliphatic rings. The summed E-state index contributed by atoms with van der Waals surface area (Å²) in [6.45, 7) is 5.32. The second-order valence-electron chi connectivity index (χ2n) is 5.13. The largest absolute Gasteiger partial charge is 0.384 e. The van der Waals surface area contributed by atoms with Crippen molar-refractivity contribution in [2.45, 2.75) is 26.8 Å². The van der Waals surface area contributed by atoms with Crippen molar-refractivity contribution in [1.29, 1.82) is 0 Å². The van der Waals surface area contributed by atoms with Crippen LogP contribution in [0.2, 0.25) is 0 Å². The molecule has 110 valence electrons. The van der Waals surface area contributed by atoms with Gasteiger partial charge in [-0.1, -0.05) is 17.7 Å². The Morgan fingerprint density at radius 3 is 2.62 bits per heavy atom. The van der Waals surface area contributed by atoms with E-state index in [9.17, 15) is 4.79 Å². The molecule has 1 aromatic carbocycles. The molecule has 0 aliphatic carbocycles.